The van der Waals surface area contributed by atoms with Gasteiger partial charge in [-0.05, 0) is 24.1 Å². The minimum atomic E-state index is -1.26. The Morgan fingerprint density at radius 1 is 1.28 bits per heavy atom. The molecular formula is C17H22FNO6. The van der Waals surface area contributed by atoms with E-state index in [-0.39, 0.29) is 12.4 Å². The summed E-state index contributed by atoms with van der Waals surface area (Å²) in [6, 6.07) is 2.91. The van der Waals surface area contributed by atoms with E-state index in [2.05, 4.69) is 0 Å². The van der Waals surface area contributed by atoms with Gasteiger partial charge in [0.15, 0.2) is 0 Å². The normalized spacial score (nSPS) is 20.6. The molecule has 0 bridgehead atoms. The van der Waals surface area contributed by atoms with Crippen molar-refractivity contribution in [2.75, 3.05) is 13.7 Å². The summed E-state index contributed by atoms with van der Waals surface area (Å²) in [5.41, 5.74) is 4.99. The van der Waals surface area contributed by atoms with Crippen LogP contribution >= 0.6 is 0 Å². The van der Waals surface area contributed by atoms with Crippen molar-refractivity contribution < 1.29 is 34.0 Å². The van der Waals surface area contributed by atoms with Crippen LogP contribution in [0.25, 0.3) is 0 Å². The maximum Gasteiger partial charge on any atom is 0.328 e. The van der Waals surface area contributed by atoms with Crippen LogP contribution in [0.5, 0.6) is 5.75 Å². The maximum absolute atomic E-state index is 13.8. The highest BCUT2D eigenvalue weighted by Gasteiger charge is 2.53. The van der Waals surface area contributed by atoms with Crippen molar-refractivity contribution in [3.63, 3.8) is 0 Å². The molecule has 2 rings (SSSR count). The number of hydrogen-bond acceptors (Lipinski definition) is 5. The highest BCUT2D eigenvalue weighted by Crippen LogP contribution is 2.53. The first kappa shape index (κ1) is 20.6. The van der Waals surface area contributed by atoms with Gasteiger partial charge in [-0.1, -0.05) is 13.8 Å². The summed E-state index contributed by atoms with van der Waals surface area (Å²) in [4.78, 5) is 19.1. The summed E-state index contributed by atoms with van der Waals surface area (Å²) in [6.07, 6.45) is 1.57. The van der Waals surface area contributed by atoms with Gasteiger partial charge >= 0.3 is 11.9 Å². The molecule has 5 N–H and O–H groups in total. The van der Waals surface area contributed by atoms with Crippen LogP contribution < -0.4 is 10.5 Å². The number of carboxylic acid groups (broad SMARTS) is 2. The lowest BCUT2D eigenvalue weighted by molar-refractivity contribution is -0.134. The van der Waals surface area contributed by atoms with Crippen LogP contribution in [0.3, 0.4) is 0 Å². The average molecular weight is 355 g/mol. The number of hydrogen-bond donors (Lipinski definition) is 4. The number of fused-ring (bicyclic) bond motifs is 1. The van der Waals surface area contributed by atoms with Gasteiger partial charge in [-0.2, -0.15) is 0 Å². The van der Waals surface area contributed by atoms with Gasteiger partial charge < -0.3 is 25.8 Å². The summed E-state index contributed by atoms with van der Waals surface area (Å²) >= 11 is 0. The highest BCUT2D eigenvalue weighted by atomic mass is 19.1. The van der Waals surface area contributed by atoms with E-state index in [9.17, 15) is 19.1 Å². The zero-order chi connectivity index (χ0) is 19.4. The number of aliphatic hydroxyl groups is 1. The van der Waals surface area contributed by atoms with Crippen LogP contribution in [-0.4, -0.2) is 40.9 Å². The summed E-state index contributed by atoms with van der Waals surface area (Å²) in [5.74, 6) is -2.32. The van der Waals surface area contributed by atoms with E-state index in [1.807, 2.05) is 13.8 Å². The van der Waals surface area contributed by atoms with Gasteiger partial charge in [0.05, 0.1) is 7.11 Å². The number of carbonyl (C=O) groups is 2. The first-order valence-electron chi connectivity index (χ1n) is 7.42. The molecule has 0 saturated carbocycles. The fourth-order valence-corrected chi connectivity index (χ4v) is 2.84. The summed E-state index contributed by atoms with van der Waals surface area (Å²) in [5, 5.41) is 26.4. The van der Waals surface area contributed by atoms with E-state index >= 15 is 0 Å². The van der Waals surface area contributed by atoms with Gasteiger partial charge in [-0.3, -0.25) is 0 Å². The van der Waals surface area contributed by atoms with E-state index in [1.165, 1.54) is 19.2 Å². The molecule has 0 aromatic heterocycles. The van der Waals surface area contributed by atoms with E-state index in [0.717, 1.165) is 0 Å². The molecular weight excluding hydrogens is 333 g/mol. The topological polar surface area (TPSA) is 130 Å². The number of aliphatic carboxylic acids is 2. The van der Waals surface area contributed by atoms with Crippen molar-refractivity contribution in [1.82, 2.24) is 0 Å². The molecule has 8 heteroatoms. The third-order valence-electron chi connectivity index (χ3n) is 4.25. The first-order valence-corrected chi connectivity index (χ1v) is 7.42. The maximum atomic E-state index is 13.8. The van der Waals surface area contributed by atoms with Crippen LogP contribution in [0.4, 0.5) is 4.39 Å². The molecule has 1 aliphatic rings. The van der Waals surface area contributed by atoms with Crippen molar-refractivity contribution in [2.24, 2.45) is 11.1 Å². The van der Waals surface area contributed by atoms with Crippen molar-refractivity contribution in [3.05, 3.63) is 41.2 Å². The predicted molar refractivity (Wildman–Crippen MR) is 87.8 cm³/mol. The monoisotopic (exact) mass is 355 g/mol. The quantitative estimate of drug-likeness (QED) is 0.598. The molecule has 1 atom stereocenters. The number of rotatable bonds is 4. The third-order valence-corrected chi connectivity index (χ3v) is 4.25. The predicted octanol–water partition coefficient (Wildman–Crippen LogP) is 1.27. The smallest absolute Gasteiger partial charge is 0.328 e. The van der Waals surface area contributed by atoms with E-state index in [1.54, 1.807) is 0 Å². The Morgan fingerprint density at radius 2 is 1.80 bits per heavy atom. The number of methoxy groups -OCH3 is 1. The molecule has 0 saturated heterocycles. The molecule has 0 heterocycles. The Hall–Kier alpha value is -2.45. The van der Waals surface area contributed by atoms with Crippen molar-refractivity contribution in [1.29, 1.82) is 0 Å². The van der Waals surface area contributed by atoms with Crippen molar-refractivity contribution >= 4 is 11.9 Å². The molecule has 25 heavy (non-hydrogen) atoms. The van der Waals surface area contributed by atoms with Crippen LogP contribution in [0, 0.1) is 11.2 Å². The van der Waals surface area contributed by atoms with Gasteiger partial charge in [-0.15, -0.1) is 0 Å². The number of benzene rings is 1. The Kier molecular flexibility index (Phi) is 6.28. The van der Waals surface area contributed by atoms with Gasteiger partial charge in [0.2, 0.25) is 0 Å². The van der Waals surface area contributed by atoms with Crippen LogP contribution in [0.15, 0.2) is 24.3 Å². The summed E-state index contributed by atoms with van der Waals surface area (Å²) in [7, 11) is 1.51. The van der Waals surface area contributed by atoms with E-state index in [4.69, 9.17) is 20.7 Å². The molecule has 7 nitrogen and oxygen atoms in total. The van der Waals surface area contributed by atoms with Gasteiger partial charge in [0.1, 0.15) is 17.2 Å². The Labute approximate surface area is 144 Å². The minimum Gasteiger partial charge on any atom is -0.496 e. The van der Waals surface area contributed by atoms with Gasteiger partial charge in [0.25, 0.3) is 0 Å². The Morgan fingerprint density at radius 3 is 2.20 bits per heavy atom. The molecule has 0 aliphatic heterocycles. The lowest BCUT2D eigenvalue weighted by atomic mass is 9.75. The third kappa shape index (κ3) is 4.15. The number of ether oxygens (including phenoxy) is 1. The SMILES string of the molecule is COc1ccc(F)c2c1C(O)(CN)C(C)(C)C2.O=C(O)C=CC(=O)O. The van der Waals surface area contributed by atoms with Crippen LogP contribution in [-0.2, 0) is 21.6 Å². The zero-order valence-electron chi connectivity index (χ0n) is 14.2. The second-order valence-corrected chi connectivity index (χ2v) is 6.24. The molecule has 1 unspecified atom stereocenters. The van der Waals surface area contributed by atoms with Crippen molar-refractivity contribution in [2.45, 2.75) is 25.9 Å². The number of carboxylic acids is 2. The first-order chi connectivity index (χ1) is 11.5. The molecule has 1 aliphatic carbocycles. The van der Waals surface area contributed by atoms with Crippen LogP contribution in [0.2, 0.25) is 0 Å². The Bertz CT molecular complexity index is 685. The Balaban J connectivity index is 0.000000333. The standard InChI is InChI=1S/C13H18FNO2.C4H4O4/c1-12(2)6-8-9(14)4-5-10(17-3)11(8)13(12,16)7-15;5-3(6)1-2-4(7)8/h4-5,16H,6-7,15H2,1-3H3;1-2H,(H,5,6)(H,7,8). The van der Waals surface area contributed by atoms with Gasteiger partial charge in [0, 0.05) is 29.7 Å². The van der Waals surface area contributed by atoms with Gasteiger partial charge in [-0.25, -0.2) is 14.0 Å². The molecule has 1 aromatic rings. The molecule has 138 valence electrons. The summed E-state index contributed by atoms with van der Waals surface area (Å²) in [6.45, 7) is 3.82. The fraction of sp³-hybridized carbons (Fsp3) is 0.412. The summed E-state index contributed by atoms with van der Waals surface area (Å²) < 4.78 is 19.0. The zero-order valence-corrected chi connectivity index (χ0v) is 14.2. The highest BCUT2D eigenvalue weighted by molar-refractivity contribution is 5.89. The van der Waals surface area contributed by atoms with Crippen LogP contribution in [0.1, 0.15) is 25.0 Å². The lowest BCUT2D eigenvalue weighted by Gasteiger charge is -2.36. The molecule has 0 radical (unpaired) electrons. The molecule has 0 fully saturated rings. The minimum absolute atomic E-state index is 0.0484. The van der Waals surface area contributed by atoms with E-state index in [0.29, 0.717) is 35.4 Å². The molecule has 0 spiro atoms. The molecule has 0 amide bonds. The second-order valence-electron chi connectivity index (χ2n) is 6.24. The second kappa shape index (κ2) is 7.62. The number of halogens is 1. The fourth-order valence-electron chi connectivity index (χ4n) is 2.84. The lowest BCUT2D eigenvalue weighted by Crippen LogP contribution is -2.45. The molecule has 1 aromatic carbocycles. The van der Waals surface area contributed by atoms with Crippen molar-refractivity contribution in [3.8, 4) is 5.75 Å². The number of nitrogens with two attached hydrogens (primary N) is 1. The van der Waals surface area contributed by atoms with E-state index < -0.39 is 23.0 Å². The largest absolute Gasteiger partial charge is 0.496 e. The average Bonchev–Trinajstić information content (AvgIpc) is 2.75.